The van der Waals surface area contributed by atoms with E-state index in [0.29, 0.717) is 24.2 Å². The van der Waals surface area contributed by atoms with Crippen LogP contribution >= 0.6 is 0 Å². The fourth-order valence-corrected chi connectivity index (χ4v) is 3.42. The summed E-state index contributed by atoms with van der Waals surface area (Å²) in [5.74, 6) is -0.407. The third kappa shape index (κ3) is 7.14. The summed E-state index contributed by atoms with van der Waals surface area (Å²) in [6, 6.07) is 2.66. The number of halogens is 4. The molecule has 1 aliphatic carbocycles. The van der Waals surface area contributed by atoms with Gasteiger partial charge in [0.1, 0.15) is 24.2 Å². The first-order valence-electron chi connectivity index (χ1n) is 9.34. The van der Waals surface area contributed by atoms with E-state index in [2.05, 4.69) is 11.9 Å². The summed E-state index contributed by atoms with van der Waals surface area (Å²) in [7, 11) is 0. The number of alkyl halides is 3. The average Bonchev–Trinajstić information content (AvgIpc) is 2.64. The van der Waals surface area contributed by atoms with Gasteiger partial charge in [-0.1, -0.05) is 31.9 Å². The van der Waals surface area contributed by atoms with Crippen molar-refractivity contribution in [3.05, 3.63) is 36.2 Å². The maximum atomic E-state index is 13.3. The average molecular weight is 389 g/mol. The molecule has 1 fully saturated rings. The van der Waals surface area contributed by atoms with Gasteiger partial charge in [-0.15, -0.1) is 0 Å². The molecule has 1 atom stereocenters. The lowest BCUT2D eigenvalue weighted by Crippen LogP contribution is -2.49. The molecule has 1 N–H and O–H groups in total. The fourth-order valence-electron chi connectivity index (χ4n) is 3.42. The molecular weight excluding hydrogens is 362 g/mol. The SMILES string of the molecule is C=Cc1ccc(F)cc1OCCOCCNC(C1CCCCC1)C(F)(F)F. The quantitative estimate of drug-likeness (QED) is 0.453. The first-order chi connectivity index (χ1) is 12.9. The third-order valence-corrected chi connectivity index (χ3v) is 4.77. The number of nitrogens with one attached hydrogen (secondary N) is 1. The van der Waals surface area contributed by atoms with Crippen LogP contribution in [0.15, 0.2) is 24.8 Å². The van der Waals surface area contributed by atoms with Crippen LogP contribution in [0.3, 0.4) is 0 Å². The van der Waals surface area contributed by atoms with Gasteiger partial charge in [-0.3, -0.25) is 0 Å². The zero-order chi connectivity index (χ0) is 19.7. The van der Waals surface area contributed by atoms with Crippen molar-refractivity contribution in [3.63, 3.8) is 0 Å². The zero-order valence-corrected chi connectivity index (χ0v) is 15.4. The lowest BCUT2D eigenvalue weighted by molar-refractivity contribution is -0.170. The molecule has 0 aliphatic heterocycles. The molecule has 7 heteroatoms. The molecule has 1 saturated carbocycles. The Morgan fingerprint density at radius 2 is 1.89 bits per heavy atom. The molecule has 0 saturated heterocycles. The Balaban J connectivity index is 1.67. The maximum Gasteiger partial charge on any atom is 0.404 e. The number of hydrogen-bond acceptors (Lipinski definition) is 3. The molecule has 27 heavy (non-hydrogen) atoms. The second kappa shape index (κ2) is 10.7. The lowest BCUT2D eigenvalue weighted by atomic mass is 9.83. The topological polar surface area (TPSA) is 30.5 Å². The standard InChI is InChI=1S/C20H27F4NO2/c1-2-15-8-9-17(21)14-18(15)27-13-12-26-11-10-25-19(20(22,23)24)16-6-4-3-5-7-16/h2,8-9,14,16,19,25H,1,3-7,10-13H2. The molecular formula is C20H27F4NO2. The Hall–Kier alpha value is -1.60. The van der Waals surface area contributed by atoms with Gasteiger partial charge < -0.3 is 14.8 Å². The molecule has 152 valence electrons. The van der Waals surface area contributed by atoms with Crippen LogP contribution in [0.2, 0.25) is 0 Å². The van der Waals surface area contributed by atoms with E-state index >= 15 is 0 Å². The molecule has 1 aromatic rings. The van der Waals surface area contributed by atoms with Crippen molar-refractivity contribution in [2.24, 2.45) is 5.92 Å². The molecule has 0 bridgehead atoms. The Morgan fingerprint density at radius 3 is 2.56 bits per heavy atom. The van der Waals surface area contributed by atoms with Crippen molar-refractivity contribution in [3.8, 4) is 5.75 Å². The van der Waals surface area contributed by atoms with Crippen LogP contribution in [0.4, 0.5) is 17.6 Å². The van der Waals surface area contributed by atoms with Crippen LogP contribution in [-0.4, -0.2) is 38.6 Å². The van der Waals surface area contributed by atoms with E-state index in [0.717, 1.165) is 19.3 Å². The van der Waals surface area contributed by atoms with E-state index in [1.54, 1.807) is 12.1 Å². The van der Waals surface area contributed by atoms with Gasteiger partial charge in [0.15, 0.2) is 0 Å². The Morgan fingerprint density at radius 1 is 1.15 bits per heavy atom. The summed E-state index contributed by atoms with van der Waals surface area (Å²) in [5, 5.41) is 2.61. The largest absolute Gasteiger partial charge is 0.490 e. The molecule has 1 unspecified atom stereocenters. The van der Waals surface area contributed by atoms with Crippen LogP contribution in [0.25, 0.3) is 6.08 Å². The first kappa shape index (κ1) is 21.7. The third-order valence-electron chi connectivity index (χ3n) is 4.77. The van der Waals surface area contributed by atoms with Crippen LogP contribution in [-0.2, 0) is 4.74 Å². The smallest absolute Gasteiger partial charge is 0.404 e. The predicted octanol–water partition coefficient (Wildman–Crippen LogP) is 4.96. The lowest BCUT2D eigenvalue weighted by Gasteiger charge is -2.32. The van der Waals surface area contributed by atoms with Crippen LogP contribution in [0.5, 0.6) is 5.75 Å². The highest BCUT2D eigenvalue weighted by atomic mass is 19.4. The van der Waals surface area contributed by atoms with Gasteiger partial charge in [0.2, 0.25) is 0 Å². The summed E-state index contributed by atoms with van der Waals surface area (Å²) in [6.07, 6.45) is 1.28. The fraction of sp³-hybridized carbons (Fsp3) is 0.600. The van der Waals surface area contributed by atoms with E-state index in [-0.39, 0.29) is 32.3 Å². The van der Waals surface area contributed by atoms with Crippen molar-refractivity contribution in [1.82, 2.24) is 5.32 Å². The summed E-state index contributed by atoms with van der Waals surface area (Å²) < 4.78 is 63.8. The summed E-state index contributed by atoms with van der Waals surface area (Å²) in [5.41, 5.74) is 0.665. The van der Waals surface area contributed by atoms with Crippen molar-refractivity contribution in [2.45, 2.75) is 44.3 Å². The minimum Gasteiger partial charge on any atom is -0.490 e. The summed E-state index contributed by atoms with van der Waals surface area (Å²) in [4.78, 5) is 0. The number of rotatable bonds is 10. The van der Waals surface area contributed by atoms with E-state index in [1.165, 1.54) is 12.1 Å². The van der Waals surface area contributed by atoms with Crippen LogP contribution in [0.1, 0.15) is 37.7 Å². The number of hydrogen-bond donors (Lipinski definition) is 1. The highest BCUT2D eigenvalue weighted by Crippen LogP contribution is 2.34. The molecule has 0 heterocycles. The molecule has 2 rings (SSSR count). The Labute approximate surface area is 157 Å². The Bertz CT molecular complexity index is 586. The first-order valence-corrected chi connectivity index (χ1v) is 9.34. The number of ether oxygens (including phenoxy) is 2. The van der Waals surface area contributed by atoms with Crippen molar-refractivity contribution in [1.29, 1.82) is 0 Å². The highest BCUT2D eigenvalue weighted by Gasteiger charge is 2.44. The molecule has 0 radical (unpaired) electrons. The normalized spacial score (nSPS) is 16.9. The predicted molar refractivity (Wildman–Crippen MR) is 97.2 cm³/mol. The van der Waals surface area contributed by atoms with Gasteiger partial charge in [0.05, 0.1) is 13.2 Å². The molecule has 0 amide bonds. The zero-order valence-electron chi connectivity index (χ0n) is 15.4. The number of benzene rings is 1. The highest BCUT2D eigenvalue weighted by molar-refractivity contribution is 5.55. The molecule has 3 nitrogen and oxygen atoms in total. The van der Waals surface area contributed by atoms with Crippen molar-refractivity contribution >= 4 is 6.08 Å². The minimum absolute atomic E-state index is 0.124. The van der Waals surface area contributed by atoms with Crippen LogP contribution < -0.4 is 10.1 Å². The van der Waals surface area contributed by atoms with Gasteiger partial charge >= 0.3 is 6.18 Å². The van der Waals surface area contributed by atoms with E-state index in [1.807, 2.05) is 0 Å². The van der Waals surface area contributed by atoms with E-state index < -0.39 is 18.0 Å². The second-order valence-corrected chi connectivity index (χ2v) is 6.72. The van der Waals surface area contributed by atoms with Gasteiger partial charge in [-0.2, -0.15) is 13.2 Å². The van der Waals surface area contributed by atoms with Crippen molar-refractivity contribution < 1.29 is 27.0 Å². The van der Waals surface area contributed by atoms with Gasteiger partial charge in [-0.25, -0.2) is 4.39 Å². The van der Waals surface area contributed by atoms with Crippen LogP contribution in [0, 0.1) is 11.7 Å². The summed E-state index contributed by atoms with van der Waals surface area (Å²) >= 11 is 0. The monoisotopic (exact) mass is 389 g/mol. The maximum absolute atomic E-state index is 13.3. The second-order valence-electron chi connectivity index (χ2n) is 6.72. The molecule has 1 aromatic carbocycles. The van der Waals surface area contributed by atoms with Gasteiger partial charge in [-0.05, 0) is 30.9 Å². The minimum atomic E-state index is -4.25. The van der Waals surface area contributed by atoms with E-state index in [9.17, 15) is 17.6 Å². The van der Waals surface area contributed by atoms with Gasteiger partial charge in [0.25, 0.3) is 0 Å². The Kier molecular flexibility index (Phi) is 8.57. The van der Waals surface area contributed by atoms with E-state index in [4.69, 9.17) is 9.47 Å². The molecule has 0 aromatic heterocycles. The summed E-state index contributed by atoms with van der Waals surface area (Å²) in [6.45, 7) is 4.29. The molecule has 0 spiro atoms. The van der Waals surface area contributed by atoms with Gasteiger partial charge in [0, 0.05) is 18.2 Å². The molecule has 1 aliphatic rings. The van der Waals surface area contributed by atoms with Crippen molar-refractivity contribution in [2.75, 3.05) is 26.4 Å².